The van der Waals surface area contributed by atoms with Crippen molar-refractivity contribution in [2.75, 3.05) is 0 Å². The van der Waals surface area contributed by atoms with Gasteiger partial charge in [0.05, 0.1) is 5.57 Å². The monoisotopic (exact) mass is 229 g/mol. The van der Waals surface area contributed by atoms with Gasteiger partial charge in [0.25, 0.3) is 11.8 Å². The molecule has 1 heterocycles. The van der Waals surface area contributed by atoms with Crippen molar-refractivity contribution in [1.29, 1.82) is 0 Å². The number of fused-ring (bicyclic) bond motifs is 1. The fraction of sp³-hybridized carbons (Fsp3) is 0.231. The molecule has 1 aliphatic carbocycles. The average molecular weight is 229 g/mol. The molecule has 4 nitrogen and oxygen atoms in total. The van der Waals surface area contributed by atoms with Crippen LogP contribution in [0.4, 0.5) is 0 Å². The Morgan fingerprint density at radius 3 is 2.53 bits per heavy atom. The highest BCUT2D eigenvalue weighted by Gasteiger charge is 2.31. The molecule has 0 unspecified atom stereocenters. The highest BCUT2D eigenvalue weighted by Crippen LogP contribution is 2.28. The van der Waals surface area contributed by atoms with E-state index in [4.69, 9.17) is 0 Å². The zero-order valence-electron chi connectivity index (χ0n) is 9.12. The van der Waals surface area contributed by atoms with E-state index in [0.717, 1.165) is 19.3 Å². The summed E-state index contributed by atoms with van der Waals surface area (Å²) >= 11 is 0. The number of aliphatic hydroxyl groups is 1. The first-order valence-corrected chi connectivity index (χ1v) is 5.58. The lowest BCUT2D eigenvalue weighted by molar-refractivity contribution is -0.124. The summed E-state index contributed by atoms with van der Waals surface area (Å²) in [6.45, 7) is 0. The van der Waals surface area contributed by atoms with Gasteiger partial charge in [0.15, 0.2) is 5.76 Å². The smallest absolute Gasteiger partial charge is 0.293 e. The van der Waals surface area contributed by atoms with Crippen LogP contribution in [0.15, 0.2) is 24.0 Å². The summed E-state index contributed by atoms with van der Waals surface area (Å²) in [5, 5.41) is 11.7. The summed E-state index contributed by atoms with van der Waals surface area (Å²) in [4.78, 5) is 22.7. The number of aliphatic hydroxyl groups excluding tert-OH is 1. The van der Waals surface area contributed by atoms with Gasteiger partial charge in [-0.15, -0.1) is 0 Å². The number of aryl methyl sites for hydroxylation is 2. The summed E-state index contributed by atoms with van der Waals surface area (Å²) in [7, 11) is 0. The average Bonchev–Trinajstić information content (AvgIpc) is 2.84. The molecule has 0 radical (unpaired) electrons. The molecule has 0 aromatic heterocycles. The second-order valence-corrected chi connectivity index (χ2v) is 4.34. The van der Waals surface area contributed by atoms with Crippen molar-refractivity contribution in [3.63, 3.8) is 0 Å². The molecular formula is C13H11NO3. The Labute approximate surface area is 98.0 Å². The number of rotatable bonds is 1. The van der Waals surface area contributed by atoms with E-state index in [1.807, 2.05) is 12.1 Å². The molecule has 2 N–H and O–H groups in total. The van der Waals surface area contributed by atoms with Gasteiger partial charge < -0.3 is 5.11 Å². The number of hydrogen-bond donors (Lipinski definition) is 2. The fourth-order valence-corrected chi connectivity index (χ4v) is 2.44. The highest BCUT2D eigenvalue weighted by atomic mass is 16.3. The topological polar surface area (TPSA) is 66.4 Å². The number of hydrogen-bond acceptors (Lipinski definition) is 3. The zero-order chi connectivity index (χ0) is 12.0. The van der Waals surface area contributed by atoms with Crippen molar-refractivity contribution in [1.82, 2.24) is 5.32 Å². The van der Waals surface area contributed by atoms with Gasteiger partial charge in [0.1, 0.15) is 0 Å². The maximum absolute atomic E-state index is 11.5. The SMILES string of the molecule is O=C1NC(=O)C(c2ccc3c(c2)CCC3)=C1O. The van der Waals surface area contributed by atoms with Gasteiger partial charge in [-0.05, 0) is 36.0 Å². The minimum Gasteiger partial charge on any atom is -0.502 e. The van der Waals surface area contributed by atoms with Gasteiger partial charge in [-0.3, -0.25) is 14.9 Å². The third-order valence-corrected chi connectivity index (χ3v) is 3.29. The fourth-order valence-electron chi connectivity index (χ4n) is 2.44. The first-order valence-electron chi connectivity index (χ1n) is 5.58. The van der Waals surface area contributed by atoms with Crippen molar-refractivity contribution >= 4 is 17.4 Å². The van der Waals surface area contributed by atoms with Crippen LogP contribution in [0.25, 0.3) is 5.57 Å². The molecule has 0 saturated carbocycles. The Morgan fingerprint density at radius 1 is 1.06 bits per heavy atom. The summed E-state index contributed by atoms with van der Waals surface area (Å²) in [5.74, 6) is -1.72. The van der Waals surface area contributed by atoms with Gasteiger partial charge >= 0.3 is 0 Å². The van der Waals surface area contributed by atoms with Crippen LogP contribution in [0.1, 0.15) is 23.1 Å². The Bertz CT molecular complexity index is 572. The van der Waals surface area contributed by atoms with E-state index >= 15 is 0 Å². The lowest BCUT2D eigenvalue weighted by atomic mass is 10.0. The molecule has 86 valence electrons. The van der Waals surface area contributed by atoms with Crippen LogP contribution in [-0.2, 0) is 22.4 Å². The van der Waals surface area contributed by atoms with E-state index in [2.05, 4.69) is 5.32 Å². The van der Waals surface area contributed by atoms with Crippen LogP contribution in [0.5, 0.6) is 0 Å². The van der Waals surface area contributed by atoms with Crippen molar-refractivity contribution in [2.24, 2.45) is 0 Å². The van der Waals surface area contributed by atoms with E-state index in [1.165, 1.54) is 11.1 Å². The Balaban J connectivity index is 2.11. The minimum atomic E-state index is -0.717. The maximum atomic E-state index is 11.5. The number of carbonyl (C=O) groups excluding carboxylic acids is 2. The molecule has 4 heteroatoms. The van der Waals surface area contributed by atoms with Crippen LogP contribution in [0.3, 0.4) is 0 Å². The second kappa shape index (κ2) is 3.45. The number of amides is 2. The lowest BCUT2D eigenvalue weighted by Crippen LogP contribution is -2.22. The number of benzene rings is 1. The van der Waals surface area contributed by atoms with Gasteiger partial charge in [0, 0.05) is 0 Å². The molecule has 0 saturated heterocycles. The highest BCUT2D eigenvalue weighted by molar-refractivity contribution is 6.35. The molecule has 17 heavy (non-hydrogen) atoms. The summed E-state index contributed by atoms with van der Waals surface area (Å²) in [6.07, 6.45) is 3.17. The molecule has 1 aromatic rings. The largest absolute Gasteiger partial charge is 0.502 e. The van der Waals surface area contributed by atoms with Crippen molar-refractivity contribution < 1.29 is 14.7 Å². The first-order chi connectivity index (χ1) is 8.16. The van der Waals surface area contributed by atoms with Crippen LogP contribution in [-0.4, -0.2) is 16.9 Å². The van der Waals surface area contributed by atoms with Crippen LogP contribution < -0.4 is 5.32 Å². The second-order valence-electron chi connectivity index (χ2n) is 4.34. The Hall–Kier alpha value is -2.10. The minimum absolute atomic E-state index is 0.0877. The summed E-state index contributed by atoms with van der Waals surface area (Å²) in [5.41, 5.74) is 3.20. The Kier molecular flexibility index (Phi) is 2.04. The van der Waals surface area contributed by atoms with Crippen LogP contribution >= 0.6 is 0 Å². The van der Waals surface area contributed by atoms with Crippen molar-refractivity contribution in [3.05, 3.63) is 40.6 Å². The normalized spacial score (nSPS) is 18.6. The number of carbonyl (C=O) groups is 2. The molecule has 0 spiro atoms. The molecular weight excluding hydrogens is 218 g/mol. The van der Waals surface area contributed by atoms with Crippen LogP contribution in [0, 0.1) is 0 Å². The zero-order valence-corrected chi connectivity index (χ0v) is 9.12. The molecule has 2 amide bonds. The van der Waals surface area contributed by atoms with E-state index < -0.39 is 17.6 Å². The summed E-state index contributed by atoms with van der Waals surface area (Å²) in [6, 6.07) is 5.65. The lowest BCUT2D eigenvalue weighted by Gasteiger charge is -2.04. The molecule has 0 bridgehead atoms. The maximum Gasteiger partial charge on any atom is 0.293 e. The van der Waals surface area contributed by atoms with Gasteiger partial charge in [-0.2, -0.15) is 0 Å². The van der Waals surface area contributed by atoms with E-state index in [1.54, 1.807) is 6.07 Å². The third-order valence-electron chi connectivity index (χ3n) is 3.29. The summed E-state index contributed by atoms with van der Waals surface area (Å²) < 4.78 is 0. The molecule has 1 aromatic carbocycles. The molecule has 0 fully saturated rings. The number of imide groups is 1. The third kappa shape index (κ3) is 1.45. The van der Waals surface area contributed by atoms with Gasteiger partial charge in [0.2, 0.25) is 0 Å². The molecule has 1 aliphatic heterocycles. The van der Waals surface area contributed by atoms with Crippen molar-refractivity contribution in [2.45, 2.75) is 19.3 Å². The standard InChI is InChI=1S/C13H11NO3/c15-11-10(12(16)14-13(11)17)9-5-4-7-2-1-3-8(7)6-9/h4-6H,1-3H2,(H2,14,15,16,17). The van der Waals surface area contributed by atoms with E-state index in [0.29, 0.717) is 5.56 Å². The van der Waals surface area contributed by atoms with E-state index in [-0.39, 0.29) is 5.57 Å². The molecule has 2 aliphatic rings. The number of nitrogens with one attached hydrogen (secondary N) is 1. The van der Waals surface area contributed by atoms with E-state index in [9.17, 15) is 14.7 Å². The van der Waals surface area contributed by atoms with Gasteiger partial charge in [-0.1, -0.05) is 18.2 Å². The van der Waals surface area contributed by atoms with Gasteiger partial charge in [-0.25, -0.2) is 0 Å². The predicted octanol–water partition coefficient (Wildman–Crippen LogP) is 1.10. The molecule has 0 atom stereocenters. The quantitative estimate of drug-likeness (QED) is 0.709. The molecule has 3 rings (SSSR count). The Morgan fingerprint density at radius 2 is 1.82 bits per heavy atom. The van der Waals surface area contributed by atoms with Crippen LogP contribution in [0.2, 0.25) is 0 Å². The predicted molar refractivity (Wildman–Crippen MR) is 61.2 cm³/mol. The first kappa shape index (κ1) is 10.1. The van der Waals surface area contributed by atoms with Crippen molar-refractivity contribution in [3.8, 4) is 0 Å².